The number of rotatable bonds is 4. The maximum absolute atomic E-state index is 12.9. The molecule has 1 saturated carbocycles. The zero-order valence-electron chi connectivity index (χ0n) is 14.8. The van der Waals surface area contributed by atoms with E-state index in [1.54, 1.807) is 6.19 Å². The monoisotopic (exact) mass is 431 g/mol. The van der Waals surface area contributed by atoms with E-state index in [-0.39, 0.29) is 6.04 Å². The average molecular weight is 431 g/mol. The minimum absolute atomic E-state index is 0.331. The van der Waals surface area contributed by atoms with Crippen LogP contribution in [0.25, 0.3) is 0 Å². The largest absolute Gasteiger partial charge is 0.465 e. The van der Waals surface area contributed by atoms with E-state index in [0.717, 1.165) is 23.1 Å². The fourth-order valence-electron chi connectivity index (χ4n) is 3.31. The molecule has 1 aliphatic carbocycles. The molecule has 2 unspecified atom stereocenters. The highest BCUT2D eigenvalue weighted by Crippen LogP contribution is 2.35. The van der Waals surface area contributed by atoms with Gasteiger partial charge >= 0.3 is 12.3 Å². The lowest BCUT2D eigenvalue weighted by Gasteiger charge is -2.23. The Morgan fingerprint density at radius 1 is 1.28 bits per heavy atom. The van der Waals surface area contributed by atoms with Crippen LogP contribution in [0, 0.1) is 11.5 Å². The van der Waals surface area contributed by atoms with Gasteiger partial charge in [-0.2, -0.15) is 18.4 Å². The van der Waals surface area contributed by atoms with Crippen LogP contribution in [0.4, 0.5) is 18.0 Å². The summed E-state index contributed by atoms with van der Waals surface area (Å²) in [6.45, 7) is -0.575. The van der Waals surface area contributed by atoms with Crippen molar-refractivity contribution in [1.82, 2.24) is 9.80 Å². The summed E-state index contributed by atoms with van der Waals surface area (Å²) in [6, 6.07) is 1.44. The summed E-state index contributed by atoms with van der Waals surface area (Å²) in [5.41, 5.74) is -1.15. The number of halogens is 3. The van der Waals surface area contributed by atoms with Gasteiger partial charge in [0.25, 0.3) is 5.91 Å². The first-order valence-corrected chi connectivity index (χ1v) is 10.1. The van der Waals surface area contributed by atoms with Crippen molar-refractivity contribution in [1.29, 1.82) is 5.26 Å². The van der Waals surface area contributed by atoms with Crippen molar-refractivity contribution in [2.75, 3.05) is 6.54 Å². The molecule has 0 spiro atoms. The fourth-order valence-corrected chi connectivity index (χ4v) is 5.05. The Balaban J connectivity index is 1.90. The summed E-state index contributed by atoms with van der Waals surface area (Å²) in [5.74, 6) is -0.820. The number of benzene rings is 1. The molecule has 2 amide bonds. The lowest BCUT2D eigenvalue weighted by atomic mass is 10.2. The number of carbonyl (C=O) groups excluding carboxylic acids is 1. The molecule has 1 heterocycles. The van der Waals surface area contributed by atoms with E-state index >= 15 is 0 Å². The predicted octanol–water partition coefficient (Wildman–Crippen LogP) is 2.07. The number of hydrogen-bond donors (Lipinski definition) is 1. The second-order valence-electron chi connectivity index (χ2n) is 6.92. The normalized spacial score (nSPS) is 22.2. The van der Waals surface area contributed by atoms with E-state index in [9.17, 15) is 36.3 Å². The lowest BCUT2D eigenvalue weighted by molar-refractivity contribution is -0.137. The minimum Gasteiger partial charge on any atom is -0.465 e. The number of hydrogen-bond acceptors (Lipinski definition) is 5. The second kappa shape index (κ2) is 7.22. The summed E-state index contributed by atoms with van der Waals surface area (Å²) < 4.78 is 64.5. The third-order valence-electron chi connectivity index (χ3n) is 4.98. The van der Waals surface area contributed by atoms with Gasteiger partial charge in [-0.15, -0.1) is 0 Å². The van der Waals surface area contributed by atoms with Crippen molar-refractivity contribution in [3.8, 4) is 6.19 Å². The Morgan fingerprint density at radius 3 is 2.45 bits per heavy atom. The second-order valence-corrected chi connectivity index (χ2v) is 9.15. The predicted molar refractivity (Wildman–Crippen MR) is 91.0 cm³/mol. The van der Waals surface area contributed by atoms with Crippen molar-refractivity contribution in [2.24, 2.45) is 0 Å². The Labute approximate surface area is 164 Å². The summed E-state index contributed by atoms with van der Waals surface area (Å²) in [7, 11) is -4.35. The van der Waals surface area contributed by atoms with E-state index < -0.39 is 62.7 Å². The van der Waals surface area contributed by atoms with Crippen LogP contribution in [0.15, 0.2) is 29.2 Å². The maximum Gasteiger partial charge on any atom is 0.416 e. The number of carboxylic acid groups (broad SMARTS) is 1. The molecule has 0 radical (unpaired) electrons. The van der Waals surface area contributed by atoms with Crippen molar-refractivity contribution in [2.45, 2.75) is 47.7 Å². The molecule has 156 valence electrons. The molecule has 12 heteroatoms. The third kappa shape index (κ3) is 4.00. The molecular weight excluding hydrogens is 415 g/mol. The van der Waals surface area contributed by atoms with E-state index in [0.29, 0.717) is 23.8 Å². The number of nitriles is 1. The SMILES string of the molecule is N#CN(C(=O)C1CC(S(=O)(=O)c2cccc(C(F)(F)F)c2)CN1C(=O)O)C1CC1. The van der Waals surface area contributed by atoms with Gasteiger partial charge in [0.2, 0.25) is 0 Å². The average Bonchev–Trinajstić information content (AvgIpc) is 3.37. The Morgan fingerprint density at radius 2 is 1.93 bits per heavy atom. The van der Waals surface area contributed by atoms with Crippen molar-refractivity contribution in [3.63, 3.8) is 0 Å². The quantitative estimate of drug-likeness (QED) is 0.576. The van der Waals surface area contributed by atoms with Gasteiger partial charge in [-0.3, -0.25) is 9.69 Å². The molecule has 1 N–H and O–H groups in total. The molecule has 2 aliphatic rings. The van der Waals surface area contributed by atoms with Gasteiger partial charge in [-0.1, -0.05) is 6.07 Å². The van der Waals surface area contributed by atoms with Crippen molar-refractivity contribution in [3.05, 3.63) is 29.8 Å². The van der Waals surface area contributed by atoms with Gasteiger partial charge in [0.1, 0.15) is 6.04 Å². The van der Waals surface area contributed by atoms with Crippen LogP contribution in [0.2, 0.25) is 0 Å². The number of amides is 2. The van der Waals surface area contributed by atoms with Crippen molar-refractivity contribution < 1.29 is 36.3 Å². The molecule has 29 heavy (non-hydrogen) atoms. The van der Waals surface area contributed by atoms with Crippen LogP contribution in [-0.2, 0) is 20.8 Å². The van der Waals surface area contributed by atoms with E-state index in [4.69, 9.17) is 5.26 Å². The number of likely N-dealkylation sites (tertiary alicyclic amines) is 1. The summed E-state index contributed by atoms with van der Waals surface area (Å²) in [6.07, 6.45) is -3.85. The fraction of sp³-hybridized carbons (Fsp3) is 0.471. The van der Waals surface area contributed by atoms with Crippen LogP contribution in [0.5, 0.6) is 0 Å². The number of alkyl halides is 3. The van der Waals surface area contributed by atoms with Crippen LogP contribution >= 0.6 is 0 Å². The van der Waals surface area contributed by atoms with Crippen LogP contribution < -0.4 is 0 Å². The van der Waals surface area contributed by atoms with E-state index in [1.165, 1.54) is 0 Å². The molecule has 0 bridgehead atoms. The highest BCUT2D eigenvalue weighted by atomic mass is 32.2. The van der Waals surface area contributed by atoms with Gasteiger partial charge in [0, 0.05) is 12.6 Å². The smallest absolute Gasteiger partial charge is 0.416 e. The first-order valence-electron chi connectivity index (χ1n) is 8.60. The Hall–Kier alpha value is -2.81. The van der Waals surface area contributed by atoms with Crippen LogP contribution in [-0.4, -0.2) is 59.2 Å². The van der Waals surface area contributed by atoms with Gasteiger partial charge < -0.3 is 5.11 Å². The number of sulfone groups is 1. The van der Waals surface area contributed by atoms with Gasteiger partial charge in [0.15, 0.2) is 16.0 Å². The Kier molecular flexibility index (Phi) is 5.20. The zero-order valence-corrected chi connectivity index (χ0v) is 15.7. The first kappa shape index (κ1) is 20.9. The lowest BCUT2D eigenvalue weighted by Crippen LogP contribution is -2.46. The molecule has 1 aromatic carbocycles. The molecule has 1 aromatic rings. The molecule has 2 atom stereocenters. The highest BCUT2D eigenvalue weighted by molar-refractivity contribution is 7.92. The number of nitrogens with zero attached hydrogens (tertiary/aromatic N) is 3. The molecule has 1 saturated heterocycles. The van der Waals surface area contributed by atoms with Gasteiger partial charge in [-0.25, -0.2) is 18.1 Å². The maximum atomic E-state index is 12.9. The number of carbonyl (C=O) groups is 2. The topological polar surface area (TPSA) is 119 Å². The molecular formula is C17H16F3N3O5S. The zero-order chi connectivity index (χ0) is 21.6. The molecule has 8 nitrogen and oxygen atoms in total. The minimum atomic E-state index is -4.75. The first-order chi connectivity index (χ1) is 13.5. The van der Waals surface area contributed by atoms with Crippen molar-refractivity contribution >= 4 is 21.8 Å². The Bertz CT molecular complexity index is 985. The van der Waals surface area contributed by atoms with E-state index in [2.05, 4.69) is 0 Å². The summed E-state index contributed by atoms with van der Waals surface area (Å²) >= 11 is 0. The van der Waals surface area contributed by atoms with Gasteiger partial charge in [0.05, 0.1) is 15.7 Å². The van der Waals surface area contributed by atoms with Crippen LogP contribution in [0.1, 0.15) is 24.8 Å². The molecule has 1 aliphatic heterocycles. The molecule has 2 fully saturated rings. The highest BCUT2D eigenvalue weighted by Gasteiger charge is 2.49. The summed E-state index contributed by atoms with van der Waals surface area (Å²) in [5, 5.41) is 17.1. The summed E-state index contributed by atoms with van der Waals surface area (Å²) in [4.78, 5) is 25.0. The van der Waals surface area contributed by atoms with Gasteiger partial charge in [-0.05, 0) is 37.5 Å². The molecule has 3 rings (SSSR count). The third-order valence-corrected chi connectivity index (χ3v) is 7.11. The van der Waals surface area contributed by atoms with Crippen LogP contribution in [0.3, 0.4) is 0 Å². The standard InChI is InChI=1S/C17H16F3N3O5S/c18-17(19,20)10-2-1-3-12(6-10)29(27,28)13-7-14(22(8-13)16(25)26)15(24)23(9-21)11-4-5-11/h1-3,6,11,13-14H,4-5,7-8H2,(H,25,26). The van der Waals surface area contributed by atoms with E-state index in [1.807, 2.05) is 0 Å². The molecule has 0 aromatic heterocycles.